The molecule has 0 aromatic carbocycles. The fourth-order valence-corrected chi connectivity index (χ4v) is 1.97. The lowest BCUT2D eigenvalue weighted by atomic mass is 10.2. The predicted molar refractivity (Wildman–Crippen MR) is 79.4 cm³/mol. The number of aromatic nitrogens is 1. The number of hydrogen-bond acceptors (Lipinski definition) is 5. The van der Waals surface area contributed by atoms with Crippen molar-refractivity contribution in [1.82, 2.24) is 9.88 Å². The largest absolute Gasteiger partial charge is 0.468 e. The molecule has 0 radical (unpaired) electrons. The second-order valence-corrected chi connectivity index (χ2v) is 4.04. The highest BCUT2D eigenvalue weighted by Gasteiger charge is 2.19. The number of rotatable bonds is 3. The van der Waals surface area contributed by atoms with Gasteiger partial charge in [-0.3, -0.25) is 14.7 Å². The maximum atomic E-state index is 11.1. The predicted octanol–water partition coefficient (Wildman–Crippen LogP) is 1.22. The van der Waals surface area contributed by atoms with Crippen molar-refractivity contribution in [2.75, 3.05) is 44.7 Å². The Morgan fingerprint density at radius 2 is 1.79 bits per heavy atom. The van der Waals surface area contributed by atoms with Gasteiger partial charge in [0.15, 0.2) is 0 Å². The zero-order chi connectivity index (χ0) is 12.1. The van der Waals surface area contributed by atoms with Gasteiger partial charge in [-0.05, 0) is 12.1 Å². The van der Waals surface area contributed by atoms with Crippen molar-refractivity contribution in [3.05, 3.63) is 24.5 Å². The summed E-state index contributed by atoms with van der Waals surface area (Å²) in [5.41, 5.74) is 1.19. The molecule has 1 aromatic rings. The highest BCUT2D eigenvalue weighted by Crippen LogP contribution is 2.14. The van der Waals surface area contributed by atoms with Crippen molar-refractivity contribution in [2.24, 2.45) is 0 Å². The van der Waals surface area contributed by atoms with E-state index in [1.54, 1.807) is 12.4 Å². The molecule has 0 aliphatic carbocycles. The number of esters is 1. The topological polar surface area (TPSA) is 45.7 Å². The van der Waals surface area contributed by atoms with Gasteiger partial charge in [-0.1, -0.05) is 0 Å². The Morgan fingerprint density at radius 3 is 2.32 bits per heavy atom. The van der Waals surface area contributed by atoms with E-state index < -0.39 is 0 Å². The molecule has 1 aliphatic rings. The fraction of sp³-hybridized carbons (Fsp3) is 0.500. The van der Waals surface area contributed by atoms with Crippen LogP contribution in [0.25, 0.3) is 0 Å². The Kier molecular flexibility index (Phi) is 8.47. The van der Waals surface area contributed by atoms with Crippen LogP contribution in [-0.2, 0) is 9.53 Å². The van der Waals surface area contributed by atoms with E-state index in [4.69, 9.17) is 0 Å². The third kappa shape index (κ3) is 5.22. The van der Waals surface area contributed by atoms with Gasteiger partial charge in [-0.2, -0.15) is 0 Å². The monoisotopic (exact) mass is 307 g/mol. The van der Waals surface area contributed by atoms with Crippen LogP contribution < -0.4 is 4.90 Å². The summed E-state index contributed by atoms with van der Waals surface area (Å²) in [6.07, 6.45) is 3.60. The third-order valence-electron chi connectivity index (χ3n) is 2.98. The smallest absolute Gasteiger partial charge is 0.319 e. The number of anilines is 1. The van der Waals surface area contributed by atoms with Crippen molar-refractivity contribution < 1.29 is 9.53 Å². The summed E-state index contributed by atoms with van der Waals surface area (Å²) in [5.74, 6) is -0.164. The van der Waals surface area contributed by atoms with Crippen LogP contribution in [0.4, 0.5) is 5.69 Å². The lowest BCUT2D eigenvalue weighted by Gasteiger charge is -2.35. The SMILES string of the molecule is COC(=O)CN1CCN(c2ccncc2)CC1.Cl.Cl. The summed E-state index contributed by atoms with van der Waals surface area (Å²) in [4.78, 5) is 19.6. The Balaban J connectivity index is 0.00000162. The van der Waals surface area contributed by atoms with Crippen molar-refractivity contribution in [3.8, 4) is 0 Å². The molecule has 108 valence electrons. The number of carbonyl (C=O) groups excluding carboxylic acids is 1. The second kappa shape index (κ2) is 8.96. The van der Waals surface area contributed by atoms with Crippen molar-refractivity contribution in [3.63, 3.8) is 0 Å². The highest BCUT2D eigenvalue weighted by atomic mass is 35.5. The first kappa shape index (κ1) is 18.0. The van der Waals surface area contributed by atoms with E-state index in [2.05, 4.69) is 19.5 Å². The molecule has 0 spiro atoms. The summed E-state index contributed by atoms with van der Waals surface area (Å²) < 4.78 is 4.66. The van der Waals surface area contributed by atoms with Crippen LogP contribution in [0.15, 0.2) is 24.5 Å². The number of ether oxygens (including phenoxy) is 1. The van der Waals surface area contributed by atoms with Crippen molar-refractivity contribution >= 4 is 36.5 Å². The molecule has 0 amide bonds. The minimum atomic E-state index is -0.164. The number of halogens is 2. The Morgan fingerprint density at radius 1 is 1.21 bits per heavy atom. The zero-order valence-electron chi connectivity index (χ0n) is 10.8. The van der Waals surface area contributed by atoms with Gasteiger partial charge in [0.05, 0.1) is 13.7 Å². The molecule has 7 heteroatoms. The first-order valence-electron chi connectivity index (χ1n) is 5.74. The lowest BCUT2D eigenvalue weighted by molar-refractivity contribution is -0.142. The maximum Gasteiger partial charge on any atom is 0.319 e. The van der Waals surface area contributed by atoms with Gasteiger partial charge in [0.2, 0.25) is 0 Å². The maximum absolute atomic E-state index is 11.1. The Labute approximate surface area is 125 Å². The van der Waals surface area contributed by atoms with Gasteiger partial charge >= 0.3 is 5.97 Å². The normalized spacial score (nSPS) is 15.1. The molecule has 19 heavy (non-hydrogen) atoms. The van der Waals surface area contributed by atoms with Crippen LogP contribution in [0, 0.1) is 0 Å². The molecule has 5 nitrogen and oxygen atoms in total. The van der Waals surface area contributed by atoms with Crippen molar-refractivity contribution in [2.45, 2.75) is 0 Å². The molecule has 2 heterocycles. The van der Waals surface area contributed by atoms with Crippen LogP contribution in [0.1, 0.15) is 0 Å². The second-order valence-electron chi connectivity index (χ2n) is 4.04. The highest BCUT2D eigenvalue weighted by molar-refractivity contribution is 5.85. The molecular weight excluding hydrogens is 289 g/mol. The minimum Gasteiger partial charge on any atom is -0.468 e. The average Bonchev–Trinajstić information content (AvgIpc) is 2.40. The van der Waals surface area contributed by atoms with E-state index in [1.165, 1.54) is 12.8 Å². The standard InChI is InChI=1S/C12H17N3O2.2ClH/c1-17-12(16)10-14-6-8-15(9-7-14)11-2-4-13-5-3-11;;/h2-5H,6-10H2,1H3;2*1H. The molecule has 0 unspecified atom stereocenters. The van der Waals surface area contributed by atoms with Gasteiger partial charge in [-0.25, -0.2) is 0 Å². The number of hydrogen-bond donors (Lipinski definition) is 0. The van der Waals surface area contributed by atoms with E-state index >= 15 is 0 Å². The molecular formula is C12H19Cl2N3O2. The van der Waals surface area contributed by atoms with Gasteiger partial charge in [0.1, 0.15) is 0 Å². The van der Waals surface area contributed by atoms with E-state index in [0.29, 0.717) is 6.54 Å². The average molecular weight is 308 g/mol. The summed E-state index contributed by atoms with van der Waals surface area (Å²) >= 11 is 0. The molecule has 2 rings (SSSR count). The van der Waals surface area contributed by atoms with Gasteiger partial charge < -0.3 is 9.64 Å². The minimum absolute atomic E-state index is 0. The Bertz CT molecular complexity index is 370. The lowest BCUT2D eigenvalue weighted by Crippen LogP contribution is -2.48. The van der Waals surface area contributed by atoms with Crippen molar-refractivity contribution in [1.29, 1.82) is 0 Å². The van der Waals surface area contributed by atoms with Crippen LogP contribution in [0.3, 0.4) is 0 Å². The summed E-state index contributed by atoms with van der Waals surface area (Å²) in [6, 6.07) is 4.02. The number of carbonyl (C=O) groups is 1. The quantitative estimate of drug-likeness (QED) is 0.786. The zero-order valence-corrected chi connectivity index (χ0v) is 12.5. The molecule has 0 saturated carbocycles. The molecule has 1 aliphatic heterocycles. The van der Waals surface area contributed by atoms with Crippen LogP contribution in [0.5, 0.6) is 0 Å². The van der Waals surface area contributed by atoms with E-state index in [9.17, 15) is 4.79 Å². The van der Waals surface area contributed by atoms with Gasteiger partial charge in [0, 0.05) is 44.3 Å². The van der Waals surface area contributed by atoms with Crippen LogP contribution in [-0.4, -0.2) is 55.7 Å². The number of piperazine rings is 1. The molecule has 1 saturated heterocycles. The molecule has 0 bridgehead atoms. The molecule has 1 fully saturated rings. The number of methoxy groups -OCH3 is 1. The molecule has 0 N–H and O–H groups in total. The number of pyridine rings is 1. The molecule has 0 atom stereocenters. The van der Waals surface area contributed by atoms with Gasteiger partial charge in [0.25, 0.3) is 0 Å². The first-order chi connectivity index (χ1) is 8.29. The van der Waals surface area contributed by atoms with Crippen LogP contribution >= 0.6 is 24.8 Å². The van der Waals surface area contributed by atoms with E-state index in [1.807, 2.05) is 12.1 Å². The van der Waals surface area contributed by atoms with E-state index in [-0.39, 0.29) is 30.8 Å². The summed E-state index contributed by atoms with van der Waals surface area (Å²) in [6.45, 7) is 4.03. The Hall–Kier alpha value is -1.04. The first-order valence-corrected chi connectivity index (χ1v) is 5.74. The number of nitrogens with zero attached hydrogens (tertiary/aromatic N) is 3. The van der Waals surface area contributed by atoms with Crippen LogP contribution in [0.2, 0.25) is 0 Å². The van der Waals surface area contributed by atoms with E-state index in [0.717, 1.165) is 26.2 Å². The third-order valence-corrected chi connectivity index (χ3v) is 2.98. The summed E-state index contributed by atoms with van der Waals surface area (Å²) in [5, 5.41) is 0. The van der Waals surface area contributed by atoms with Gasteiger partial charge in [-0.15, -0.1) is 24.8 Å². The molecule has 1 aromatic heterocycles. The fourth-order valence-electron chi connectivity index (χ4n) is 1.97. The summed E-state index contributed by atoms with van der Waals surface area (Å²) in [7, 11) is 1.43.